The van der Waals surface area contributed by atoms with Gasteiger partial charge in [-0.15, -0.1) is 0 Å². The van der Waals surface area contributed by atoms with Gasteiger partial charge in [-0.2, -0.15) is 0 Å². The molecule has 0 aromatic heterocycles. The summed E-state index contributed by atoms with van der Waals surface area (Å²) in [5.41, 5.74) is 8.62. The molecule has 3 aliphatic heterocycles. The van der Waals surface area contributed by atoms with Crippen molar-refractivity contribution in [3.05, 3.63) is 34.9 Å². The number of benzene rings is 1. The van der Waals surface area contributed by atoms with Gasteiger partial charge in [0.05, 0.1) is 0 Å². The molecule has 3 amide bonds. The monoisotopic (exact) mass is 398 g/mol. The summed E-state index contributed by atoms with van der Waals surface area (Å²) in [6, 6.07) is 6.24. The third-order valence-corrected chi connectivity index (χ3v) is 6.81. The first-order chi connectivity index (χ1) is 13.9. The van der Waals surface area contributed by atoms with Crippen molar-refractivity contribution in [2.24, 2.45) is 11.7 Å². The predicted octanol–water partition coefficient (Wildman–Crippen LogP) is 1.40. The van der Waals surface area contributed by atoms with E-state index < -0.39 is 6.04 Å². The number of nitrogens with two attached hydrogens (primary N) is 1. The molecule has 0 aliphatic carbocycles. The Hall–Kier alpha value is -2.25. The van der Waals surface area contributed by atoms with Crippen LogP contribution in [0.5, 0.6) is 0 Å². The molecular formula is C22H30N4O3. The molecule has 3 N–H and O–H groups in total. The third-order valence-electron chi connectivity index (χ3n) is 6.81. The van der Waals surface area contributed by atoms with Crippen LogP contribution < -0.4 is 11.1 Å². The molecule has 2 fully saturated rings. The van der Waals surface area contributed by atoms with Crippen molar-refractivity contribution in [2.75, 3.05) is 6.54 Å². The number of piperidine rings is 2. The zero-order valence-corrected chi connectivity index (χ0v) is 17.2. The van der Waals surface area contributed by atoms with Gasteiger partial charge in [0.1, 0.15) is 6.04 Å². The molecular weight excluding hydrogens is 368 g/mol. The number of nitrogens with zero attached hydrogens (tertiary/aromatic N) is 2. The van der Waals surface area contributed by atoms with Crippen LogP contribution >= 0.6 is 0 Å². The average Bonchev–Trinajstić information content (AvgIpc) is 3.01. The first-order valence-corrected chi connectivity index (χ1v) is 10.6. The molecule has 7 nitrogen and oxygen atoms in total. The van der Waals surface area contributed by atoms with Crippen LogP contribution in [0.25, 0.3) is 0 Å². The number of likely N-dealkylation sites (tertiary alicyclic amines) is 1. The summed E-state index contributed by atoms with van der Waals surface area (Å²) in [6.45, 7) is 6.34. The Morgan fingerprint density at radius 2 is 1.86 bits per heavy atom. The zero-order chi connectivity index (χ0) is 20.7. The van der Waals surface area contributed by atoms with E-state index in [-0.39, 0.29) is 24.1 Å². The summed E-state index contributed by atoms with van der Waals surface area (Å²) in [6.07, 6.45) is 2.81. The molecule has 2 saturated heterocycles. The maximum Gasteiger partial charge on any atom is 0.255 e. The Morgan fingerprint density at radius 3 is 2.52 bits per heavy atom. The molecule has 3 heterocycles. The number of fused-ring (bicyclic) bond motifs is 1. The summed E-state index contributed by atoms with van der Waals surface area (Å²) in [5.74, 6) is -0.167. The van der Waals surface area contributed by atoms with Gasteiger partial charge in [0.15, 0.2) is 0 Å². The lowest BCUT2D eigenvalue weighted by Crippen LogP contribution is -2.52. The Bertz CT molecular complexity index is 827. The van der Waals surface area contributed by atoms with Crippen LogP contribution in [0.4, 0.5) is 0 Å². The van der Waals surface area contributed by atoms with E-state index in [0.29, 0.717) is 31.0 Å². The fourth-order valence-corrected chi connectivity index (χ4v) is 5.29. The first-order valence-electron chi connectivity index (χ1n) is 10.6. The van der Waals surface area contributed by atoms with Crippen molar-refractivity contribution < 1.29 is 14.4 Å². The molecule has 0 spiro atoms. The second-order valence-electron chi connectivity index (χ2n) is 8.79. The summed E-state index contributed by atoms with van der Waals surface area (Å²) in [4.78, 5) is 41.1. The van der Waals surface area contributed by atoms with Crippen molar-refractivity contribution in [2.45, 2.75) is 70.7 Å². The van der Waals surface area contributed by atoms with Crippen LogP contribution in [0.15, 0.2) is 18.2 Å². The minimum absolute atomic E-state index is 0.0951. The Morgan fingerprint density at radius 1 is 1.14 bits per heavy atom. The van der Waals surface area contributed by atoms with Gasteiger partial charge in [-0.1, -0.05) is 18.2 Å². The highest BCUT2D eigenvalue weighted by atomic mass is 16.2. The largest absolute Gasteiger partial charge is 0.330 e. The van der Waals surface area contributed by atoms with Crippen LogP contribution in [-0.2, 0) is 22.7 Å². The minimum Gasteiger partial charge on any atom is -0.330 e. The number of amides is 3. The predicted molar refractivity (Wildman–Crippen MR) is 109 cm³/mol. The second-order valence-corrected chi connectivity index (χ2v) is 8.79. The van der Waals surface area contributed by atoms with Gasteiger partial charge in [-0.05, 0) is 56.7 Å². The van der Waals surface area contributed by atoms with Gasteiger partial charge in [0.25, 0.3) is 5.91 Å². The van der Waals surface area contributed by atoms with Crippen LogP contribution in [-0.4, -0.2) is 52.2 Å². The fraction of sp³-hybridized carbons (Fsp3) is 0.591. The fourth-order valence-electron chi connectivity index (χ4n) is 5.29. The smallest absolute Gasteiger partial charge is 0.255 e. The highest BCUT2D eigenvalue weighted by Gasteiger charge is 2.40. The lowest BCUT2D eigenvalue weighted by molar-refractivity contribution is -0.136. The summed E-state index contributed by atoms with van der Waals surface area (Å²) in [7, 11) is 0. The van der Waals surface area contributed by atoms with E-state index in [1.807, 2.05) is 18.2 Å². The van der Waals surface area contributed by atoms with E-state index in [1.165, 1.54) is 0 Å². The van der Waals surface area contributed by atoms with E-state index in [2.05, 4.69) is 24.1 Å². The molecule has 3 atom stereocenters. The van der Waals surface area contributed by atoms with Crippen LogP contribution in [0.3, 0.4) is 0 Å². The molecule has 0 bridgehead atoms. The number of rotatable bonds is 4. The van der Waals surface area contributed by atoms with Crippen LogP contribution in [0.2, 0.25) is 0 Å². The molecule has 3 unspecified atom stereocenters. The van der Waals surface area contributed by atoms with Gasteiger partial charge in [0.2, 0.25) is 11.8 Å². The van der Waals surface area contributed by atoms with Crippen LogP contribution in [0.1, 0.15) is 61.0 Å². The van der Waals surface area contributed by atoms with Gasteiger partial charge in [0, 0.05) is 37.2 Å². The quantitative estimate of drug-likeness (QED) is 0.748. The molecule has 29 heavy (non-hydrogen) atoms. The lowest BCUT2D eigenvalue weighted by Gasteiger charge is -2.42. The molecule has 156 valence electrons. The van der Waals surface area contributed by atoms with Gasteiger partial charge < -0.3 is 10.6 Å². The number of imide groups is 1. The Balaban J connectivity index is 1.55. The van der Waals surface area contributed by atoms with E-state index in [1.54, 1.807) is 4.90 Å². The molecule has 1 aromatic carbocycles. The maximum absolute atomic E-state index is 13.3. The van der Waals surface area contributed by atoms with Gasteiger partial charge in [-0.3, -0.25) is 24.6 Å². The lowest BCUT2D eigenvalue weighted by atomic mass is 9.86. The van der Waals surface area contributed by atoms with Crippen molar-refractivity contribution in [3.63, 3.8) is 0 Å². The maximum atomic E-state index is 13.3. The number of hydrogen-bond acceptors (Lipinski definition) is 5. The number of hydrogen-bond donors (Lipinski definition) is 2. The highest BCUT2D eigenvalue weighted by molar-refractivity contribution is 6.05. The van der Waals surface area contributed by atoms with Gasteiger partial charge in [-0.25, -0.2) is 0 Å². The molecule has 0 saturated carbocycles. The van der Waals surface area contributed by atoms with E-state index in [9.17, 15) is 14.4 Å². The zero-order valence-electron chi connectivity index (χ0n) is 17.2. The first kappa shape index (κ1) is 20.0. The SMILES string of the molecule is CC1CC(CN)CC(C)N1Cc1cccc2c1C(=O)N(C1CCC(=O)NC1=O)C2. The molecule has 4 rings (SSSR count). The normalized spacial score (nSPS) is 30.4. The number of carbonyl (C=O) groups is 3. The molecule has 7 heteroatoms. The molecule has 3 aliphatic rings. The third kappa shape index (κ3) is 3.69. The van der Waals surface area contributed by atoms with Crippen molar-refractivity contribution in [1.29, 1.82) is 0 Å². The van der Waals surface area contributed by atoms with Crippen molar-refractivity contribution >= 4 is 17.7 Å². The number of carbonyl (C=O) groups excluding carboxylic acids is 3. The van der Waals surface area contributed by atoms with Crippen molar-refractivity contribution in [3.8, 4) is 0 Å². The van der Waals surface area contributed by atoms with Gasteiger partial charge >= 0.3 is 0 Å². The summed E-state index contributed by atoms with van der Waals surface area (Å²) >= 11 is 0. The molecule has 1 aromatic rings. The van der Waals surface area contributed by atoms with E-state index >= 15 is 0 Å². The number of nitrogens with one attached hydrogen (secondary N) is 1. The minimum atomic E-state index is -0.571. The Labute approximate surface area is 171 Å². The second kappa shape index (κ2) is 7.88. The summed E-state index contributed by atoms with van der Waals surface area (Å²) in [5, 5.41) is 2.36. The standard InChI is InChI=1S/C22H30N4O3/c1-13-8-15(10-23)9-14(2)25(13)11-16-4-3-5-17-12-26(22(29)20(16)17)18-6-7-19(27)24-21(18)28/h3-5,13-15,18H,6-12,23H2,1-2H3,(H,24,27,28). The van der Waals surface area contributed by atoms with Crippen molar-refractivity contribution in [1.82, 2.24) is 15.1 Å². The topological polar surface area (TPSA) is 95.7 Å². The summed E-state index contributed by atoms with van der Waals surface area (Å²) < 4.78 is 0. The van der Waals surface area contributed by atoms with E-state index in [0.717, 1.165) is 42.6 Å². The van der Waals surface area contributed by atoms with E-state index in [4.69, 9.17) is 5.73 Å². The Kier molecular flexibility index (Phi) is 5.44. The highest BCUT2D eigenvalue weighted by Crippen LogP contribution is 2.33. The van der Waals surface area contributed by atoms with Crippen LogP contribution in [0, 0.1) is 5.92 Å². The average molecular weight is 399 g/mol. The molecule has 0 radical (unpaired) electrons.